The van der Waals surface area contributed by atoms with Gasteiger partial charge in [-0.15, -0.1) is 0 Å². The van der Waals surface area contributed by atoms with Crippen LogP contribution in [0.1, 0.15) is 44.0 Å². The molecule has 19 heavy (non-hydrogen) atoms. The fraction of sp³-hybridized carbons (Fsp3) is 0.571. The summed E-state index contributed by atoms with van der Waals surface area (Å²) < 4.78 is 5.06. The highest BCUT2D eigenvalue weighted by atomic mass is 16.4. The van der Waals surface area contributed by atoms with E-state index in [0.717, 1.165) is 19.3 Å². The van der Waals surface area contributed by atoms with Crippen LogP contribution in [0, 0.1) is 16.7 Å². The fourth-order valence-corrected chi connectivity index (χ4v) is 2.49. The van der Waals surface area contributed by atoms with Crippen LogP contribution in [0.2, 0.25) is 0 Å². The maximum Gasteiger partial charge on any atom is 0.240 e. The van der Waals surface area contributed by atoms with Crippen molar-refractivity contribution >= 4 is 5.91 Å². The van der Waals surface area contributed by atoms with E-state index in [1.807, 2.05) is 0 Å². The molecule has 102 valence electrons. The van der Waals surface area contributed by atoms with Crippen molar-refractivity contribution < 1.29 is 14.3 Å². The first-order chi connectivity index (χ1) is 9.18. The van der Waals surface area contributed by atoms with E-state index in [-0.39, 0.29) is 12.5 Å². The van der Waals surface area contributed by atoms with Gasteiger partial charge in [-0.25, -0.2) is 0 Å². The van der Waals surface area contributed by atoms with Crippen molar-refractivity contribution in [3.05, 3.63) is 24.2 Å². The van der Waals surface area contributed by atoms with Gasteiger partial charge in [0.05, 0.1) is 18.9 Å². The van der Waals surface area contributed by atoms with E-state index < -0.39 is 11.5 Å². The Balaban J connectivity index is 1.91. The van der Waals surface area contributed by atoms with E-state index in [9.17, 15) is 15.2 Å². The van der Waals surface area contributed by atoms with E-state index in [2.05, 4.69) is 11.4 Å². The summed E-state index contributed by atoms with van der Waals surface area (Å²) in [6.45, 7) is 0.0653. The van der Waals surface area contributed by atoms with Gasteiger partial charge in [-0.05, 0) is 25.0 Å². The summed E-state index contributed by atoms with van der Waals surface area (Å²) in [5, 5.41) is 21.8. The number of carbonyl (C=O) groups is 1. The van der Waals surface area contributed by atoms with E-state index in [4.69, 9.17) is 4.42 Å². The molecule has 2 N–H and O–H groups in total. The third-order valence-electron chi connectivity index (χ3n) is 3.68. The number of hydrogen-bond donors (Lipinski definition) is 2. The molecule has 1 fully saturated rings. The van der Waals surface area contributed by atoms with E-state index in [1.165, 1.54) is 6.26 Å². The molecule has 0 radical (unpaired) electrons. The molecule has 1 amide bonds. The quantitative estimate of drug-likeness (QED) is 0.867. The number of furan rings is 1. The molecule has 0 aliphatic heterocycles. The van der Waals surface area contributed by atoms with Crippen molar-refractivity contribution in [1.29, 1.82) is 5.26 Å². The van der Waals surface area contributed by atoms with E-state index >= 15 is 0 Å². The van der Waals surface area contributed by atoms with Crippen LogP contribution in [0.3, 0.4) is 0 Å². The number of amides is 1. The molecular formula is C14H18N2O3. The molecular weight excluding hydrogens is 244 g/mol. The molecule has 1 saturated carbocycles. The van der Waals surface area contributed by atoms with Crippen LogP contribution in [-0.2, 0) is 4.79 Å². The highest BCUT2D eigenvalue weighted by Gasteiger charge is 2.39. The molecule has 0 saturated heterocycles. The Hall–Kier alpha value is -1.80. The maximum absolute atomic E-state index is 12.1. The third-order valence-corrected chi connectivity index (χ3v) is 3.68. The lowest BCUT2D eigenvalue weighted by Gasteiger charge is -2.29. The Bertz CT molecular complexity index is 456. The van der Waals surface area contributed by atoms with Crippen LogP contribution in [0.25, 0.3) is 0 Å². The molecule has 1 heterocycles. The molecule has 1 unspecified atom stereocenters. The molecule has 5 heteroatoms. The largest absolute Gasteiger partial charge is 0.467 e. The first-order valence-electron chi connectivity index (χ1n) is 6.59. The molecule has 1 aliphatic rings. The van der Waals surface area contributed by atoms with Gasteiger partial charge in [-0.3, -0.25) is 4.79 Å². The summed E-state index contributed by atoms with van der Waals surface area (Å²) in [4.78, 5) is 12.1. The van der Waals surface area contributed by atoms with Crippen molar-refractivity contribution in [1.82, 2.24) is 5.32 Å². The highest BCUT2D eigenvalue weighted by molar-refractivity contribution is 5.85. The minimum atomic E-state index is -0.916. The van der Waals surface area contributed by atoms with Crippen LogP contribution < -0.4 is 5.32 Å². The van der Waals surface area contributed by atoms with E-state index in [0.29, 0.717) is 18.6 Å². The van der Waals surface area contributed by atoms with Crippen molar-refractivity contribution in [3.63, 3.8) is 0 Å². The Labute approximate surface area is 112 Å². The van der Waals surface area contributed by atoms with Crippen LogP contribution in [0.15, 0.2) is 22.8 Å². The number of rotatable bonds is 4. The zero-order valence-corrected chi connectivity index (χ0v) is 10.8. The van der Waals surface area contributed by atoms with Gasteiger partial charge in [0.15, 0.2) is 0 Å². The van der Waals surface area contributed by atoms with Gasteiger partial charge in [0, 0.05) is 0 Å². The number of nitrogens with one attached hydrogen (secondary N) is 1. The second kappa shape index (κ2) is 5.89. The summed E-state index contributed by atoms with van der Waals surface area (Å²) in [6, 6.07) is 5.49. The third kappa shape index (κ3) is 2.96. The zero-order chi connectivity index (χ0) is 13.7. The summed E-state index contributed by atoms with van der Waals surface area (Å²) in [7, 11) is 0. The Morgan fingerprint density at radius 2 is 2.26 bits per heavy atom. The molecule has 1 atom stereocenters. The summed E-state index contributed by atoms with van der Waals surface area (Å²) >= 11 is 0. The molecule has 0 bridgehead atoms. The number of carbonyl (C=O) groups excluding carboxylic acids is 1. The van der Waals surface area contributed by atoms with Crippen molar-refractivity contribution in [2.24, 2.45) is 5.41 Å². The molecule has 1 aliphatic carbocycles. The zero-order valence-electron chi connectivity index (χ0n) is 10.8. The Morgan fingerprint density at radius 3 is 2.84 bits per heavy atom. The minimum Gasteiger partial charge on any atom is -0.467 e. The number of nitriles is 1. The maximum atomic E-state index is 12.1. The molecule has 0 spiro atoms. The van der Waals surface area contributed by atoms with Gasteiger partial charge in [-0.2, -0.15) is 5.26 Å². The molecule has 0 aromatic carbocycles. The number of hydrogen-bond acceptors (Lipinski definition) is 4. The predicted molar refractivity (Wildman–Crippen MR) is 67.8 cm³/mol. The average molecular weight is 262 g/mol. The first-order valence-corrected chi connectivity index (χ1v) is 6.59. The Morgan fingerprint density at radius 1 is 1.53 bits per heavy atom. The van der Waals surface area contributed by atoms with Crippen molar-refractivity contribution in [3.8, 4) is 6.07 Å². The molecule has 5 nitrogen and oxygen atoms in total. The van der Waals surface area contributed by atoms with Gasteiger partial charge in [0.25, 0.3) is 0 Å². The second-order valence-corrected chi connectivity index (χ2v) is 5.00. The normalized spacial score (nSPS) is 19.4. The van der Waals surface area contributed by atoms with Crippen LogP contribution in [0.4, 0.5) is 0 Å². The number of aliphatic hydroxyl groups is 1. The number of aliphatic hydroxyl groups excluding tert-OH is 1. The summed E-state index contributed by atoms with van der Waals surface area (Å²) in [5.41, 5.74) is -0.916. The lowest BCUT2D eigenvalue weighted by molar-refractivity contribution is -0.130. The summed E-state index contributed by atoms with van der Waals surface area (Å²) in [5.74, 6) is 0.134. The minimum absolute atomic E-state index is 0.0653. The molecule has 1 aromatic rings. The monoisotopic (exact) mass is 262 g/mol. The van der Waals surface area contributed by atoms with Gasteiger partial charge in [-0.1, -0.05) is 19.3 Å². The van der Waals surface area contributed by atoms with Gasteiger partial charge in [0.2, 0.25) is 5.91 Å². The SMILES string of the molecule is N#CC1(C(=O)NCC(O)c2ccco2)CCCCC1. The standard InChI is InChI=1S/C14H18N2O3/c15-10-14(6-2-1-3-7-14)13(18)16-9-11(17)12-5-4-8-19-12/h4-5,8,11,17H,1-3,6-7,9H2,(H,16,18). The lowest BCUT2D eigenvalue weighted by Crippen LogP contribution is -2.42. The Kier molecular flexibility index (Phi) is 4.23. The average Bonchev–Trinajstić information content (AvgIpc) is 2.99. The molecule has 1 aromatic heterocycles. The first kappa shape index (κ1) is 13.6. The van der Waals surface area contributed by atoms with Crippen molar-refractivity contribution in [2.45, 2.75) is 38.2 Å². The smallest absolute Gasteiger partial charge is 0.240 e. The van der Waals surface area contributed by atoms with Gasteiger partial charge in [0.1, 0.15) is 17.3 Å². The van der Waals surface area contributed by atoms with Gasteiger partial charge >= 0.3 is 0 Å². The fourth-order valence-electron chi connectivity index (χ4n) is 2.49. The van der Waals surface area contributed by atoms with Crippen LogP contribution in [0.5, 0.6) is 0 Å². The second-order valence-electron chi connectivity index (χ2n) is 5.00. The lowest BCUT2D eigenvalue weighted by atomic mass is 9.74. The number of nitrogens with zero attached hydrogens (tertiary/aromatic N) is 1. The highest BCUT2D eigenvalue weighted by Crippen LogP contribution is 2.35. The topological polar surface area (TPSA) is 86.3 Å². The summed E-state index contributed by atoms with van der Waals surface area (Å²) in [6.07, 6.45) is 4.68. The predicted octanol–water partition coefficient (Wildman–Crippen LogP) is 1.90. The van der Waals surface area contributed by atoms with Crippen molar-refractivity contribution in [2.75, 3.05) is 6.54 Å². The molecule has 2 rings (SSSR count). The van der Waals surface area contributed by atoms with E-state index in [1.54, 1.807) is 12.1 Å². The van der Waals surface area contributed by atoms with Crippen LogP contribution in [-0.4, -0.2) is 17.6 Å². The van der Waals surface area contributed by atoms with Gasteiger partial charge < -0.3 is 14.8 Å². The van der Waals surface area contributed by atoms with Crippen LogP contribution >= 0.6 is 0 Å².